The van der Waals surface area contributed by atoms with Crippen LogP contribution in [0.1, 0.15) is 5.69 Å². The number of anilines is 3. The third-order valence-corrected chi connectivity index (χ3v) is 5.41. The molecule has 1 fully saturated rings. The predicted octanol–water partition coefficient (Wildman–Crippen LogP) is 3.85. The summed E-state index contributed by atoms with van der Waals surface area (Å²) in [6.45, 7) is 5.20. The van der Waals surface area contributed by atoms with Crippen molar-refractivity contribution >= 4 is 23.2 Å². The Morgan fingerprint density at radius 1 is 1.08 bits per heavy atom. The highest BCUT2D eigenvalue weighted by molar-refractivity contribution is 5.73. The van der Waals surface area contributed by atoms with E-state index in [1.807, 2.05) is 37.5 Å². The number of imidazole rings is 1. The number of ether oxygens (including phenoxy) is 1. The summed E-state index contributed by atoms with van der Waals surface area (Å²) in [7, 11) is 0. The minimum absolute atomic E-state index is 0.696. The number of aromatic nitrogens is 6. The molecule has 0 aliphatic carbocycles. The van der Waals surface area contributed by atoms with Gasteiger partial charge in [-0.2, -0.15) is 23.4 Å². The molecular formula is C24H23F3N8O3. The van der Waals surface area contributed by atoms with E-state index in [1.54, 1.807) is 18.6 Å². The highest BCUT2D eigenvalue weighted by atomic mass is 19.4. The quantitative estimate of drug-likeness (QED) is 0.350. The van der Waals surface area contributed by atoms with Crippen LogP contribution in [-0.2, 0) is 9.53 Å². The summed E-state index contributed by atoms with van der Waals surface area (Å²) in [5, 5.41) is 18.1. The lowest BCUT2D eigenvalue weighted by Gasteiger charge is -2.28. The molecule has 0 unspecified atom stereocenters. The molecule has 11 nitrogen and oxygen atoms in total. The summed E-state index contributed by atoms with van der Waals surface area (Å²) in [6.07, 6.45) is 3.78. The number of aryl methyl sites for hydroxylation is 1. The molecule has 4 aromatic rings. The molecular weight excluding hydrogens is 505 g/mol. The predicted molar refractivity (Wildman–Crippen MR) is 132 cm³/mol. The standard InChI is InChI=1S/C22H22N8O.C2HF3O2/c1-15-21(28-18-3-5-25-26-13-18)29-22(27-15)20-11-16(2-4-24-20)17-10-19(14-23-12-17)30-6-8-31-9-7-30;3-2(4,5)1(6)7/h2-5,10-14H,6-9H2,1H3,(H,25,28)(H,27,29);(H,6,7). The number of aromatic amines is 1. The van der Waals surface area contributed by atoms with Crippen molar-refractivity contribution in [1.82, 2.24) is 30.1 Å². The van der Waals surface area contributed by atoms with E-state index in [0.717, 1.165) is 66.0 Å². The first kappa shape index (κ1) is 26.5. The van der Waals surface area contributed by atoms with E-state index in [2.05, 4.69) is 46.4 Å². The van der Waals surface area contributed by atoms with Gasteiger partial charge in [0.25, 0.3) is 0 Å². The third-order valence-electron chi connectivity index (χ3n) is 5.41. The molecule has 1 saturated heterocycles. The van der Waals surface area contributed by atoms with Gasteiger partial charge in [0.15, 0.2) is 11.6 Å². The van der Waals surface area contributed by atoms with Crippen molar-refractivity contribution in [2.45, 2.75) is 13.1 Å². The number of H-pyrrole nitrogens is 1. The molecule has 0 atom stereocenters. The first-order valence-corrected chi connectivity index (χ1v) is 11.4. The smallest absolute Gasteiger partial charge is 0.475 e. The molecule has 0 radical (unpaired) electrons. The second kappa shape index (κ2) is 11.6. The molecule has 4 aromatic heterocycles. The maximum Gasteiger partial charge on any atom is 0.490 e. The number of morpholine rings is 1. The molecule has 5 heterocycles. The molecule has 38 heavy (non-hydrogen) atoms. The van der Waals surface area contributed by atoms with Gasteiger partial charge >= 0.3 is 12.1 Å². The van der Waals surface area contributed by atoms with Gasteiger partial charge < -0.3 is 25.0 Å². The van der Waals surface area contributed by atoms with Gasteiger partial charge in [0.05, 0.1) is 48.9 Å². The minimum Gasteiger partial charge on any atom is -0.475 e. The highest BCUT2D eigenvalue weighted by Crippen LogP contribution is 2.28. The van der Waals surface area contributed by atoms with Crippen molar-refractivity contribution in [3.8, 4) is 22.6 Å². The maximum absolute atomic E-state index is 10.6. The van der Waals surface area contributed by atoms with Gasteiger partial charge in [0, 0.05) is 31.0 Å². The minimum atomic E-state index is -5.08. The van der Waals surface area contributed by atoms with Crippen molar-refractivity contribution in [3.05, 3.63) is 60.9 Å². The monoisotopic (exact) mass is 528 g/mol. The van der Waals surface area contributed by atoms with Crippen molar-refractivity contribution < 1.29 is 27.8 Å². The number of hydrogen-bond acceptors (Lipinski definition) is 9. The number of aliphatic carboxylic acids is 1. The van der Waals surface area contributed by atoms with Crippen molar-refractivity contribution in [2.24, 2.45) is 0 Å². The fraction of sp³-hybridized carbons (Fsp3) is 0.250. The van der Waals surface area contributed by atoms with Gasteiger partial charge in [-0.3, -0.25) is 9.97 Å². The van der Waals surface area contributed by atoms with Crippen LogP contribution in [0.15, 0.2) is 55.2 Å². The Balaban J connectivity index is 0.000000426. The summed E-state index contributed by atoms with van der Waals surface area (Å²) in [4.78, 5) is 28.2. The van der Waals surface area contributed by atoms with Crippen LogP contribution in [0.25, 0.3) is 22.6 Å². The Bertz CT molecular complexity index is 1380. The van der Waals surface area contributed by atoms with Crippen LogP contribution in [0.2, 0.25) is 0 Å². The van der Waals surface area contributed by atoms with Gasteiger partial charge in [0.1, 0.15) is 5.69 Å². The number of carboxylic acid groups (broad SMARTS) is 1. The third kappa shape index (κ3) is 6.79. The van der Waals surface area contributed by atoms with Gasteiger partial charge in [0.2, 0.25) is 0 Å². The van der Waals surface area contributed by atoms with Gasteiger partial charge in [-0.25, -0.2) is 9.78 Å². The number of rotatable bonds is 5. The molecule has 0 aromatic carbocycles. The van der Waals surface area contributed by atoms with Crippen molar-refractivity contribution in [2.75, 3.05) is 36.5 Å². The lowest BCUT2D eigenvalue weighted by molar-refractivity contribution is -0.192. The number of nitrogens with one attached hydrogen (secondary N) is 2. The summed E-state index contributed by atoms with van der Waals surface area (Å²) >= 11 is 0. The van der Waals surface area contributed by atoms with E-state index in [-0.39, 0.29) is 0 Å². The van der Waals surface area contributed by atoms with E-state index in [9.17, 15) is 13.2 Å². The lowest BCUT2D eigenvalue weighted by Crippen LogP contribution is -2.36. The zero-order valence-corrected chi connectivity index (χ0v) is 20.1. The van der Waals surface area contributed by atoms with Crippen LogP contribution in [0, 0.1) is 6.92 Å². The molecule has 0 amide bonds. The van der Waals surface area contributed by atoms with E-state index >= 15 is 0 Å². The van der Waals surface area contributed by atoms with Crippen LogP contribution in [-0.4, -0.2) is 73.7 Å². The lowest BCUT2D eigenvalue weighted by atomic mass is 10.1. The molecule has 3 N–H and O–H groups in total. The van der Waals surface area contributed by atoms with E-state index < -0.39 is 12.1 Å². The Hall–Kier alpha value is -4.59. The van der Waals surface area contributed by atoms with Crippen LogP contribution in [0.3, 0.4) is 0 Å². The van der Waals surface area contributed by atoms with Crippen LogP contribution in [0.5, 0.6) is 0 Å². The Labute approximate surface area is 214 Å². The van der Waals surface area contributed by atoms with E-state index in [1.165, 1.54) is 0 Å². The molecule has 0 bridgehead atoms. The summed E-state index contributed by atoms with van der Waals surface area (Å²) < 4.78 is 37.2. The molecule has 5 rings (SSSR count). The number of carboxylic acids is 1. The Morgan fingerprint density at radius 2 is 1.84 bits per heavy atom. The SMILES string of the molecule is Cc1[nH]c(-c2cc(-c3cncc(N4CCOCC4)c3)ccn2)nc1Nc1ccnnc1.O=C(O)C(F)(F)F. The molecule has 1 aliphatic rings. The zero-order valence-electron chi connectivity index (χ0n) is 20.1. The van der Waals surface area contributed by atoms with Gasteiger partial charge in [-0.15, -0.1) is 0 Å². The fourth-order valence-electron chi connectivity index (χ4n) is 3.52. The Kier molecular flexibility index (Phi) is 8.11. The van der Waals surface area contributed by atoms with E-state index in [0.29, 0.717) is 5.82 Å². The summed E-state index contributed by atoms with van der Waals surface area (Å²) in [6, 6.07) is 8.01. The molecule has 1 aliphatic heterocycles. The summed E-state index contributed by atoms with van der Waals surface area (Å²) in [5.74, 6) is -1.33. The number of halogens is 3. The van der Waals surface area contributed by atoms with E-state index in [4.69, 9.17) is 14.6 Å². The second-order valence-corrected chi connectivity index (χ2v) is 8.08. The number of carbonyl (C=O) groups is 1. The molecule has 0 saturated carbocycles. The number of nitrogens with zero attached hydrogens (tertiary/aromatic N) is 6. The van der Waals surface area contributed by atoms with Crippen LogP contribution >= 0.6 is 0 Å². The van der Waals surface area contributed by atoms with Crippen molar-refractivity contribution in [1.29, 1.82) is 0 Å². The van der Waals surface area contributed by atoms with Crippen LogP contribution in [0.4, 0.5) is 30.4 Å². The van der Waals surface area contributed by atoms with Gasteiger partial charge in [-0.05, 0) is 36.8 Å². The normalized spacial score (nSPS) is 13.4. The van der Waals surface area contributed by atoms with Crippen LogP contribution < -0.4 is 10.2 Å². The molecule has 198 valence electrons. The number of pyridine rings is 2. The average Bonchev–Trinajstić information content (AvgIpc) is 3.29. The summed E-state index contributed by atoms with van der Waals surface area (Å²) in [5.41, 5.74) is 5.68. The highest BCUT2D eigenvalue weighted by Gasteiger charge is 2.38. The Morgan fingerprint density at radius 3 is 2.53 bits per heavy atom. The topological polar surface area (TPSA) is 142 Å². The second-order valence-electron chi connectivity index (χ2n) is 8.08. The molecule has 14 heteroatoms. The van der Waals surface area contributed by atoms with Gasteiger partial charge in [-0.1, -0.05) is 0 Å². The average molecular weight is 528 g/mol. The number of alkyl halides is 3. The maximum atomic E-state index is 10.6. The largest absolute Gasteiger partial charge is 0.490 e. The zero-order chi connectivity index (χ0) is 27.1. The fourth-order valence-corrected chi connectivity index (χ4v) is 3.52. The van der Waals surface area contributed by atoms with Crippen molar-refractivity contribution in [3.63, 3.8) is 0 Å². The molecule has 0 spiro atoms. The first-order chi connectivity index (χ1) is 18.2. The number of hydrogen-bond donors (Lipinski definition) is 3. The first-order valence-electron chi connectivity index (χ1n) is 11.4.